The number of hydrogen-bond donors (Lipinski definition) is 4. The Balaban J connectivity index is 2.12. The number of nitrogens with one attached hydrogen (secondary N) is 4. The molecule has 10 nitrogen and oxygen atoms in total. The first-order chi connectivity index (χ1) is 17.7. The zero-order chi connectivity index (χ0) is 28.7. The summed E-state index contributed by atoms with van der Waals surface area (Å²) in [6.45, 7) is 6.97. The lowest BCUT2D eigenvalue weighted by atomic mass is 10.0. The number of methoxy groups -OCH3 is 1. The van der Waals surface area contributed by atoms with Crippen molar-refractivity contribution >= 4 is 40.1 Å². The second kappa shape index (κ2) is 12.8. The predicted octanol–water partition coefficient (Wildman–Crippen LogP) is 3.34. The maximum absolute atomic E-state index is 14.4. The molecule has 2 aromatic carbocycles. The molecule has 0 aliphatic rings. The van der Waals surface area contributed by atoms with Crippen molar-refractivity contribution in [2.24, 2.45) is 4.99 Å². The van der Waals surface area contributed by atoms with Crippen LogP contribution in [-0.2, 0) is 30.3 Å². The van der Waals surface area contributed by atoms with Crippen molar-refractivity contribution in [2.45, 2.75) is 50.1 Å². The standard InChI is InChI=1S/C25H31F2N5O5S/c1-15(14-37-5)32-38(35,36)21-11-8-18(12-20(21)25(3,26)27)16(2)30-22(33)13-23(34)31-19-9-6-17(7-10-19)24(28)29-4/h6-12,15-16,28,32H,4,13-14H2,1-3,5H3,(H,30,33)(H,31,34). The molecule has 13 heteroatoms. The molecule has 2 aromatic rings. The van der Waals surface area contributed by atoms with Gasteiger partial charge in [-0.05, 0) is 62.5 Å². The smallest absolute Gasteiger partial charge is 0.271 e. The van der Waals surface area contributed by atoms with Crippen LogP contribution in [0.25, 0.3) is 0 Å². The number of amidine groups is 1. The van der Waals surface area contributed by atoms with Crippen LogP contribution in [0.1, 0.15) is 49.9 Å². The Morgan fingerprint density at radius 3 is 2.32 bits per heavy atom. The highest BCUT2D eigenvalue weighted by Crippen LogP contribution is 2.34. The molecule has 0 spiro atoms. The van der Waals surface area contributed by atoms with Gasteiger partial charge in [-0.1, -0.05) is 6.07 Å². The normalized spacial score (nSPS) is 13.3. The first-order valence-electron chi connectivity index (χ1n) is 11.5. The molecule has 0 aliphatic carbocycles. The second-order valence-electron chi connectivity index (χ2n) is 8.72. The SMILES string of the molecule is C=NC(=N)c1ccc(NC(=O)CC(=O)NC(C)c2ccc(S(=O)(=O)NC(C)COC)c(C(C)(F)F)c2)cc1. The molecule has 0 bridgehead atoms. The van der Waals surface area contributed by atoms with E-state index in [-0.39, 0.29) is 18.0 Å². The third-order valence-electron chi connectivity index (χ3n) is 5.34. The molecule has 0 heterocycles. The maximum atomic E-state index is 14.4. The Kier molecular flexibility index (Phi) is 10.3. The summed E-state index contributed by atoms with van der Waals surface area (Å²) in [6, 6.07) is 8.17. The van der Waals surface area contributed by atoms with E-state index >= 15 is 0 Å². The summed E-state index contributed by atoms with van der Waals surface area (Å²) in [6.07, 6.45) is -0.541. The van der Waals surface area contributed by atoms with Gasteiger partial charge < -0.3 is 15.4 Å². The average molecular weight is 552 g/mol. The van der Waals surface area contributed by atoms with E-state index in [9.17, 15) is 26.8 Å². The van der Waals surface area contributed by atoms with E-state index in [0.29, 0.717) is 18.2 Å². The number of carbonyl (C=O) groups excluding carboxylic acids is 2. The van der Waals surface area contributed by atoms with E-state index in [1.165, 1.54) is 27.0 Å². The lowest BCUT2D eigenvalue weighted by molar-refractivity contribution is -0.127. The van der Waals surface area contributed by atoms with Gasteiger partial charge in [0.15, 0.2) is 5.84 Å². The molecule has 0 saturated heterocycles. The minimum absolute atomic E-state index is 0.0252. The number of benzene rings is 2. The monoisotopic (exact) mass is 551 g/mol. The first kappa shape index (κ1) is 30.7. The number of sulfonamides is 1. The van der Waals surface area contributed by atoms with E-state index in [1.54, 1.807) is 24.3 Å². The van der Waals surface area contributed by atoms with E-state index in [1.807, 2.05) is 0 Å². The molecule has 0 aliphatic heterocycles. The van der Waals surface area contributed by atoms with Crippen molar-refractivity contribution in [3.05, 3.63) is 59.2 Å². The Hall–Kier alpha value is -3.55. The Morgan fingerprint density at radius 2 is 1.76 bits per heavy atom. The molecule has 0 fully saturated rings. The summed E-state index contributed by atoms with van der Waals surface area (Å²) >= 11 is 0. The van der Waals surface area contributed by atoms with Gasteiger partial charge in [-0.2, -0.15) is 0 Å². The fourth-order valence-corrected chi connectivity index (χ4v) is 5.04. The number of carbonyl (C=O) groups is 2. The summed E-state index contributed by atoms with van der Waals surface area (Å²) in [5.41, 5.74) is 0.402. The highest BCUT2D eigenvalue weighted by Gasteiger charge is 2.34. The van der Waals surface area contributed by atoms with Gasteiger partial charge in [-0.25, -0.2) is 26.9 Å². The van der Waals surface area contributed by atoms with E-state index in [4.69, 9.17) is 10.1 Å². The first-order valence-corrected chi connectivity index (χ1v) is 12.9. The summed E-state index contributed by atoms with van der Waals surface area (Å²) in [4.78, 5) is 27.6. The number of hydrogen-bond acceptors (Lipinski definition) is 6. The lowest BCUT2D eigenvalue weighted by Gasteiger charge is -2.21. The molecule has 2 atom stereocenters. The molecular formula is C25H31F2N5O5S. The predicted molar refractivity (Wildman–Crippen MR) is 140 cm³/mol. The zero-order valence-corrected chi connectivity index (χ0v) is 22.3. The number of halogens is 2. The fraction of sp³-hybridized carbons (Fsp3) is 0.360. The highest BCUT2D eigenvalue weighted by molar-refractivity contribution is 7.89. The third-order valence-corrected chi connectivity index (χ3v) is 6.99. The maximum Gasteiger partial charge on any atom is 0.271 e. The minimum atomic E-state index is -4.29. The van der Waals surface area contributed by atoms with Crippen LogP contribution in [0.2, 0.25) is 0 Å². The fourth-order valence-electron chi connectivity index (χ4n) is 3.54. The molecule has 2 unspecified atom stereocenters. The largest absolute Gasteiger partial charge is 0.383 e. The number of rotatable bonds is 12. The van der Waals surface area contributed by atoms with Crippen molar-refractivity contribution in [2.75, 3.05) is 19.0 Å². The molecule has 0 aromatic heterocycles. The van der Waals surface area contributed by atoms with Crippen molar-refractivity contribution in [1.82, 2.24) is 10.0 Å². The Bertz CT molecular complexity index is 1290. The van der Waals surface area contributed by atoms with E-state index in [2.05, 4.69) is 27.1 Å². The van der Waals surface area contributed by atoms with Gasteiger partial charge in [0.1, 0.15) is 6.42 Å². The summed E-state index contributed by atoms with van der Waals surface area (Å²) in [5, 5.41) is 12.7. The van der Waals surface area contributed by atoms with Gasteiger partial charge in [0.25, 0.3) is 5.92 Å². The lowest BCUT2D eigenvalue weighted by Crippen LogP contribution is -2.36. The molecule has 0 saturated carbocycles. The van der Waals surface area contributed by atoms with Crippen molar-refractivity contribution < 1.29 is 31.5 Å². The van der Waals surface area contributed by atoms with Gasteiger partial charge in [0.05, 0.1) is 17.5 Å². The van der Waals surface area contributed by atoms with Crippen LogP contribution in [0, 0.1) is 5.41 Å². The van der Waals surface area contributed by atoms with Crippen LogP contribution in [0.15, 0.2) is 52.4 Å². The van der Waals surface area contributed by atoms with Crippen LogP contribution in [0.4, 0.5) is 14.5 Å². The number of amides is 2. The number of anilines is 1. The van der Waals surface area contributed by atoms with Crippen molar-refractivity contribution in [3.63, 3.8) is 0 Å². The number of aliphatic imine (C=N–C) groups is 1. The topological polar surface area (TPSA) is 150 Å². The molecular weight excluding hydrogens is 520 g/mol. The molecule has 4 N–H and O–H groups in total. The molecule has 2 rings (SSSR count). The second-order valence-corrected chi connectivity index (χ2v) is 10.4. The van der Waals surface area contributed by atoms with Crippen LogP contribution in [0.5, 0.6) is 0 Å². The van der Waals surface area contributed by atoms with Gasteiger partial charge in [0, 0.05) is 36.9 Å². The Labute approximate surface area is 220 Å². The van der Waals surface area contributed by atoms with Crippen LogP contribution >= 0.6 is 0 Å². The van der Waals surface area contributed by atoms with Gasteiger partial charge in [0.2, 0.25) is 21.8 Å². The van der Waals surface area contributed by atoms with Crippen LogP contribution in [-0.4, -0.2) is 52.5 Å². The molecule has 38 heavy (non-hydrogen) atoms. The number of alkyl halides is 2. The van der Waals surface area contributed by atoms with Gasteiger partial charge in [-0.15, -0.1) is 0 Å². The average Bonchev–Trinajstić information content (AvgIpc) is 2.82. The van der Waals surface area contributed by atoms with E-state index < -0.39 is 56.7 Å². The van der Waals surface area contributed by atoms with E-state index in [0.717, 1.165) is 12.1 Å². The summed E-state index contributed by atoms with van der Waals surface area (Å²) < 4.78 is 61.5. The van der Waals surface area contributed by atoms with Crippen molar-refractivity contribution in [1.29, 1.82) is 5.41 Å². The Morgan fingerprint density at radius 1 is 1.13 bits per heavy atom. The molecule has 2 amide bonds. The number of nitrogens with zero attached hydrogens (tertiary/aromatic N) is 1. The van der Waals surface area contributed by atoms with Gasteiger partial charge in [-0.3, -0.25) is 15.0 Å². The van der Waals surface area contributed by atoms with Gasteiger partial charge >= 0.3 is 0 Å². The third kappa shape index (κ3) is 8.50. The minimum Gasteiger partial charge on any atom is -0.383 e. The van der Waals surface area contributed by atoms with Crippen LogP contribution < -0.4 is 15.4 Å². The molecule has 0 radical (unpaired) electrons. The van der Waals surface area contributed by atoms with Crippen molar-refractivity contribution in [3.8, 4) is 0 Å². The zero-order valence-electron chi connectivity index (χ0n) is 21.5. The summed E-state index contributed by atoms with van der Waals surface area (Å²) in [7, 11) is -2.90. The van der Waals surface area contributed by atoms with Crippen LogP contribution in [0.3, 0.4) is 0 Å². The quantitative estimate of drug-likeness (QED) is 0.181. The highest BCUT2D eigenvalue weighted by atomic mass is 32.2. The number of ether oxygens (including phenoxy) is 1. The summed E-state index contributed by atoms with van der Waals surface area (Å²) in [5.74, 6) is -4.80. The molecule has 206 valence electrons.